The lowest BCUT2D eigenvalue weighted by Gasteiger charge is -2.32. The highest BCUT2D eigenvalue weighted by Crippen LogP contribution is 2.23. The number of furan rings is 1. The van der Waals surface area contributed by atoms with Crippen LogP contribution in [0.2, 0.25) is 0 Å². The zero-order chi connectivity index (χ0) is 17.8. The Labute approximate surface area is 147 Å². The number of amides is 1. The zero-order valence-corrected chi connectivity index (χ0v) is 14.5. The van der Waals surface area contributed by atoms with E-state index in [-0.39, 0.29) is 17.9 Å². The second kappa shape index (κ2) is 7.39. The molecule has 3 heterocycles. The van der Waals surface area contributed by atoms with Gasteiger partial charge >= 0.3 is 0 Å². The van der Waals surface area contributed by atoms with Gasteiger partial charge < -0.3 is 14.6 Å². The van der Waals surface area contributed by atoms with Gasteiger partial charge in [0.25, 0.3) is 0 Å². The van der Waals surface area contributed by atoms with E-state index in [2.05, 4.69) is 21.3 Å². The van der Waals surface area contributed by atoms with E-state index in [1.54, 1.807) is 12.3 Å². The number of nitriles is 1. The molecule has 2 aromatic rings. The fourth-order valence-corrected chi connectivity index (χ4v) is 3.10. The maximum absolute atomic E-state index is 12.5. The third kappa shape index (κ3) is 4.00. The maximum Gasteiger partial charge on any atom is 0.223 e. The van der Waals surface area contributed by atoms with Crippen LogP contribution in [0.3, 0.4) is 0 Å². The van der Waals surface area contributed by atoms with Crippen molar-refractivity contribution < 1.29 is 9.21 Å². The van der Waals surface area contributed by atoms with Crippen LogP contribution in [-0.2, 0) is 4.79 Å². The average Bonchev–Trinajstić information content (AvgIpc) is 3.08. The average molecular weight is 338 g/mol. The lowest BCUT2D eigenvalue weighted by molar-refractivity contribution is -0.126. The van der Waals surface area contributed by atoms with Gasteiger partial charge in [-0.25, -0.2) is 4.98 Å². The number of carbonyl (C=O) groups excluding carboxylic acids is 1. The van der Waals surface area contributed by atoms with Gasteiger partial charge in [-0.3, -0.25) is 4.79 Å². The molecule has 0 spiro atoms. The molecule has 0 saturated carbocycles. The molecule has 1 N–H and O–H groups in total. The SMILES string of the molecule is Cc1ccc([C@@H](C)NC(=O)C2CCN(c3ccc(C#N)cn3)CC2)o1. The monoisotopic (exact) mass is 338 g/mol. The molecule has 6 nitrogen and oxygen atoms in total. The Morgan fingerprint density at radius 1 is 1.36 bits per heavy atom. The number of rotatable bonds is 4. The second-order valence-electron chi connectivity index (χ2n) is 6.46. The lowest BCUT2D eigenvalue weighted by Crippen LogP contribution is -2.41. The minimum Gasteiger partial charge on any atom is -0.464 e. The normalized spacial score (nSPS) is 16.3. The van der Waals surface area contributed by atoms with E-state index in [4.69, 9.17) is 9.68 Å². The molecular formula is C19H22N4O2. The third-order valence-corrected chi connectivity index (χ3v) is 4.61. The molecule has 130 valence electrons. The van der Waals surface area contributed by atoms with Crippen LogP contribution in [0.4, 0.5) is 5.82 Å². The van der Waals surface area contributed by atoms with Crippen molar-refractivity contribution in [2.24, 2.45) is 5.92 Å². The predicted molar refractivity (Wildman–Crippen MR) is 93.9 cm³/mol. The van der Waals surface area contributed by atoms with Gasteiger partial charge in [0.2, 0.25) is 5.91 Å². The maximum atomic E-state index is 12.5. The summed E-state index contributed by atoms with van der Waals surface area (Å²) < 4.78 is 5.57. The van der Waals surface area contributed by atoms with Gasteiger partial charge in [-0.15, -0.1) is 0 Å². The molecule has 1 amide bonds. The predicted octanol–water partition coefficient (Wildman–Crippen LogP) is 2.95. The number of aromatic nitrogens is 1. The van der Waals surface area contributed by atoms with Crippen molar-refractivity contribution >= 4 is 11.7 Å². The molecular weight excluding hydrogens is 316 g/mol. The number of anilines is 1. The number of aryl methyl sites for hydroxylation is 1. The number of nitrogens with zero attached hydrogens (tertiary/aromatic N) is 3. The Morgan fingerprint density at radius 3 is 2.68 bits per heavy atom. The Balaban J connectivity index is 1.52. The van der Waals surface area contributed by atoms with Crippen LogP contribution in [0.5, 0.6) is 0 Å². The van der Waals surface area contributed by atoms with Crippen molar-refractivity contribution in [3.8, 4) is 6.07 Å². The summed E-state index contributed by atoms with van der Waals surface area (Å²) in [6, 6.07) is 9.38. The summed E-state index contributed by atoms with van der Waals surface area (Å²) in [5.41, 5.74) is 0.556. The topological polar surface area (TPSA) is 82.2 Å². The fourth-order valence-electron chi connectivity index (χ4n) is 3.10. The van der Waals surface area contributed by atoms with Crippen molar-refractivity contribution in [1.82, 2.24) is 10.3 Å². The first-order valence-corrected chi connectivity index (χ1v) is 8.54. The third-order valence-electron chi connectivity index (χ3n) is 4.61. The highest BCUT2D eigenvalue weighted by molar-refractivity contribution is 5.79. The molecule has 6 heteroatoms. The summed E-state index contributed by atoms with van der Waals surface area (Å²) in [4.78, 5) is 19.0. The van der Waals surface area contributed by atoms with Crippen LogP contribution < -0.4 is 10.2 Å². The van der Waals surface area contributed by atoms with Gasteiger partial charge in [0.15, 0.2) is 0 Å². The van der Waals surface area contributed by atoms with E-state index in [0.29, 0.717) is 5.56 Å². The van der Waals surface area contributed by atoms with E-state index in [1.165, 1.54) is 0 Å². The van der Waals surface area contributed by atoms with Crippen LogP contribution in [0.25, 0.3) is 0 Å². The number of carbonyl (C=O) groups is 1. The van der Waals surface area contributed by atoms with E-state index in [1.807, 2.05) is 32.0 Å². The summed E-state index contributed by atoms with van der Waals surface area (Å²) in [6.07, 6.45) is 3.16. The molecule has 1 saturated heterocycles. The highest BCUT2D eigenvalue weighted by Gasteiger charge is 2.27. The van der Waals surface area contributed by atoms with Gasteiger partial charge in [0.1, 0.15) is 23.4 Å². The fraction of sp³-hybridized carbons (Fsp3) is 0.421. The minimum absolute atomic E-state index is 0.00754. The zero-order valence-electron chi connectivity index (χ0n) is 14.5. The van der Waals surface area contributed by atoms with Crippen LogP contribution in [-0.4, -0.2) is 24.0 Å². The largest absolute Gasteiger partial charge is 0.464 e. The van der Waals surface area contributed by atoms with Crippen molar-refractivity contribution in [2.45, 2.75) is 32.7 Å². The summed E-state index contributed by atoms with van der Waals surface area (Å²) in [7, 11) is 0. The Bertz CT molecular complexity index is 767. The van der Waals surface area contributed by atoms with Gasteiger partial charge in [-0.1, -0.05) is 0 Å². The minimum atomic E-state index is -0.126. The highest BCUT2D eigenvalue weighted by atomic mass is 16.3. The number of pyridine rings is 1. The first-order chi connectivity index (χ1) is 12.1. The van der Waals surface area contributed by atoms with Gasteiger partial charge in [0, 0.05) is 25.2 Å². The van der Waals surface area contributed by atoms with Crippen molar-refractivity contribution in [3.05, 3.63) is 47.5 Å². The number of hydrogen-bond acceptors (Lipinski definition) is 5. The molecule has 0 aromatic carbocycles. The molecule has 25 heavy (non-hydrogen) atoms. The van der Waals surface area contributed by atoms with Crippen LogP contribution in [0.15, 0.2) is 34.9 Å². The summed E-state index contributed by atoms with van der Waals surface area (Å²) in [6.45, 7) is 5.40. The van der Waals surface area contributed by atoms with Crippen molar-refractivity contribution in [3.63, 3.8) is 0 Å². The van der Waals surface area contributed by atoms with Crippen molar-refractivity contribution in [1.29, 1.82) is 5.26 Å². The van der Waals surface area contributed by atoms with E-state index in [9.17, 15) is 4.79 Å². The summed E-state index contributed by atoms with van der Waals surface area (Å²) in [5.74, 6) is 2.57. The van der Waals surface area contributed by atoms with Gasteiger partial charge in [-0.05, 0) is 51.0 Å². The van der Waals surface area contributed by atoms with Crippen LogP contribution >= 0.6 is 0 Å². The van der Waals surface area contributed by atoms with E-state index in [0.717, 1.165) is 43.3 Å². The van der Waals surface area contributed by atoms with Crippen LogP contribution in [0.1, 0.15) is 42.9 Å². The lowest BCUT2D eigenvalue weighted by atomic mass is 9.95. The van der Waals surface area contributed by atoms with Gasteiger partial charge in [-0.2, -0.15) is 5.26 Å². The first kappa shape index (κ1) is 17.0. The smallest absolute Gasteiger partial charge is 0.223 e. The van der Waals surface area contributed by atoms with E-state index >= 15 is 0 Å². The Kier molecular flexibility index (Phi) is 5.03. The first-order valence-electron chi connectivity index (χ1n) is 8.54. The standard InChI is InChI=1S/C19H22N4O2/c1-13-3-5-17(25-13)14(2)22-19(24)16-7-9-23(10-8-16)18-6-4-15(11-20)12-21-18/h3-6,12,14,16H,7-10H2,1-2H3,(H,22,24)/t14-/m1/s1. The number of piperidine rings is 1. The molecule has 0 bridgehead atoms. The molecule has 0 unspecified atom stereocenters. The molecule has 0 radical (unpaired) electrons. The number of hydrogen-bond donors (Lipinski definition) is 1. The van der Waals surface area contributed by atoms with Crippen LogP contribution in [0, 0.1) is 24.2 Å². The van der Waals surface area contributed by atoms with E-state index < -0.39 is 0 Å². The molecule has 3 rings (SSSR count). The Morgan fingerprint density at radius 2 is 2.12 bits per heavy atom. The second-order valence-corrected chi connectivity index (χ2v) is 6.46. The molecule has 1 fully saturated rings. The van der Waals surface area contributed by atoms with Gasteiger partial charge in [0.05, 0.1) is 11.6 Å². The molecule has 0 aliphatic carbocycles. The quantitative estimate of drug-likeness (QED) is 0.927. The van der Waals surface area contributed by atoms with Crippen molar-refractivity contribution in [2.75, 3.05) is 18.0 Å². The summed E-state index contributed by atoms with van der Waals surface area (Å²) in [5, 5.41) is 11.9. The molecule has 1 aliphatic heterocycles. The molecule has 2 aromatic heterocycles. The molecule has 1 aliphatic rings. The Hall–Kier alpha value is -2.81. The molecule has 1 atom stereocenters. The summed E-state index contributed by atoms with van der Waals surface area (Å²) >= 11 is 0. The number of nitrogens with one attached hydrogen (secondary N) is 1.